The molecule has 1 heterocycles. The summed E-state index contributed by atoms with van der Waals surface area (Å²) in [5, 5.41) is 4.13. The fourth-order valence-electron chi connectivity index (χ4n) is 2.16. The molecule has 0 saturated heterocycles. The van der Waals surface area contributed by atoms with Crippen LogP contribution in [0.15, 0.2) is 58.2 Å². The van der Waals surface area contributed by atoms with Gasteiger partial charge in [0, 0.05) is 5.02 Å². The van der Waals surface area contributed by atoms with Crippen molar-refractivity contribution in [3.05, 3.63) is 59.1 Å². The van der Waals surface area contributed by atoms with Crippen molar-refractivity contribution in [1.82, 2.24) is 10.3 Å². The van der Waals surface area contributed by atoms with Gasteiger partial charge in [0.25, 0.3) is 5.22 Å². The minimum Gasteiger partial charge on any atom is -0.431 e. The molecule has 23 heavy (non-hydrogen) atoms. The number of fused-ring (bicyclic) bond motifs is 1. The molecule has 0 aliphatic rings. The monoisotopic (exact) mass is 346 g/mol. The van der Waals surface area contributed by atoms with Crippen LogP contribution in [0.3, 0.4) is 0 Å². The van der Waals surface area contributed by atoms with Gasteiger partial charge >= 0.3 is 0 Å². The summed E-state index contributed by atoms with van der Waals surface area (Å²) in [7, 11) is 0. The number of nitrogens with zero attached hydrogens (tertiary/aromatic N) is 1. The Labute approximate surface area is 143 Å². The van der Waals surface area contributed by atoms with Crippen LogP contribution in [-0.4, -0.2) is 16.6 Å². The molecular weight excluding hydrogens is 332 g/mol. The lowest BCUT2D eigenvalue weighted by Gasteiger charge is -2.13. The third kappa shape index (κ3) is 4.06. The van der Waals surface area contributed by atoms with Crippen molar-refractivity contribution in [3.8, 4) is 0 Å². The fraction of sp³-hybridized carbons (Fsp3) is 0.176. The summed E-state index contributed by atoms with van der Waals surface area (Å²) in [6.45, 7) is 1.94. The van der Waals surface area contributed by atoms with Crippen molar-refractivity contribution >= 4 is 40.4 Å². The van der Waals surface area contributed by atoms with Gasteiger partial charge < -0.3 is 9.73 Å². The maximum Gasteiger partial charge on any atom is 0.257 e. The molecule has 3 rings (SSSR count). The van der Waals surface area contributed by atoms with E-state index in [0.717, 1.165) is 16.7 Å². The normalized spacial score (nSPS) is 12.3. The van der Waals surface area contributed by atoms with E-state index in [-0.39, 0.29) is 17.7 Å². The van der Waals surface area contributed by atoms with E-state index >= 15 is 0 Å². The lowest BCUT2D eigenvalue weighted by molar-refractivity contribution is -0.119. The molecule has 0 bridgehead atoms. The van der Waals surface area contributed by atoms with Crippen LogP contribution >= 0.6 is 23.4 Å². The molecule has 0 aliphatic carbocycles. The van der Waals surface area contributed by atoms with Crippen molar-refractivity contribution in [3.63, 3.8) is 0 Å². The third-order valence-corrected chi connectivity index (χ3v) is 4.43. The summed E-state index contributed by atoms with van der Waals surface area (Å²) >= 11 is 7.15. The molecule has 6 heteroatoms. The Bertz CT molecular complexity index is 784. The second-order valence-corrected chi connectivity index (χ2v) is 6.44. The number of halogens is 1. The maximum absolute atomic E-state index is 12.1. The van der Waals surface area contributed by atoms with Gasteiger partial charge in [-0.25, -0.2) is 4.98 Å². The molecule has 1 aromatic heterocycles. The summed E-state index contributed by atoms with van der Waals surface area (Å²) in [4.78, 5) is 16.4. The Morgan fingerprint density at radius 1 is 1.26 bits per heavy atom. The minimum atomic E-state index is -0.0796. The zero-order valence-corrected chi connectivity index (χ0v) is 14.0. The van der Waals surface area contributed by atoms with Crippen LogP contribution < -0.4 is 5.32 Å². The Balaban J connectivity index is 1.55. The first-order valence-electron chi connectivity index (χ1n) is 7.15. The molecule has 3 aromatic rings. The molecule has 0 radical (unpaired) electrons. The SMILES string of the molecule is C[C@@H](NC(=O)CSc1nc2ccccc2o1)c1ccc(Cl)cc1. The highest BCUT2D eigenvalue weighted by Crippen LogP contribution is 2.23. The molecule has 118 valence electrons. The maximum atomic E-state index is 12.1. The van der Waals surface area contributed by atoms with Gasteiger partial charge in [0.1, 0.15) is 5.52 Å². The largest absolute Gasteiger partial charge is 0.431 e. The van der Waals surface area contributed by atoms with E-state index in [1.54, 1.807) is 0 Å². The molecule has 0 unspecified atom stereocenters. The number of carbonyl (C=O) groups is 1. The Kier molecular flexibility index (Phi) is 4.88. The van der Waals surface area contributed by atoms with Crippen molar-refractivity contribution in [1.29, 1.82) is 0 Å². The number of rotatable bonds is 5. The molecule has 4 nitrogen and oxygen atoms in total. The van der Waals surface area contributed by atoms with Crippen molar-refractivity contribution < 1.29 is 9.21 Å². The van der Waals surface area contributed by atoms with E-state index in [1.807, 2.05) is 55.5 Å². The van der Waals surface area contributed by atoms with E-state index in [1.165, 1.54) is 11.8 Å². The third-order valence-electron chi connectivity index (χ3n) is 3.35. The van der Waals surface area contributed by atoms with Crippen LogP contribution in [0.5, 0.6) is 0 Å². The number of hydrogen-bond donors (Lipinski definition) is 1. The minimum absolute atomic E-state index is 0.0697. The van der Waals surface area contributed by atoms with Gasteiger partial charge in [0.05, 0.1) is 11.8 Å². The Morgan fingerprint density at radius 2 is 2.00 bits per heavy atom. The molecular formula is C17H15ClN2O2S. The highest BCUT2D eigenvalue weighted by molar-refractivity contribution is 7.99. The van der Waals surface area contributed by atoms with E-state index < -0.39 is 0 Å². The van der Waals surface area contributed by atoms with E-state index in [2.05, 4.69) is 10.3 Å². The lowest BCUT2D eigenvalue weighted by atomic mass is 10.1. The second kappa shape index (κ2) is 7.06. The number of nitrogens with one attached hydrogen (secondary N) is 1. The van der Waals surface area contributed by atoms with Gasteiger partial charge in [-0.15, -0.1) is 0 Å². The topological polar surface area (TPSA) is 55.1 Å². The lowest BCUT2D eigenvalue weighted by Crippen LogP contribution is -2.28. The molecule has 2 aromatic carbocycles. The first-order chi connectivity index (χ1) is 11.1. The highest BCUT2D eigenvalue weighted by Gasteiger charge is 2.12. The average molecular weight is 347 g/mol. The van der Waals surface area contributed by atoms with Gasteiger partial charge in [0.15, 0.2) is 5.58 Å². The van der Waals surface area contributed by atoms with Gasteiger partial charge in [-0.2, -0.15) is 0 Å². The number of para-hydroxylation sites is 2. The standard InChI is InChI=1S/C17H15ClN2O2S/c1-11(12-6-8-13(18)9-7-12)19-16(21)10-23-17-20-14-4-2-3-5-15(14)22-17/h2-9,11H,10H2,1H3,(H,19,21)/t11-/m1/s1. The zero-order chi connectivity index (χ0) is 16.2. The first-order valence-corrected chi connectivity index (χ1v) is 8.51. The van der Waals surface area contributed by atoms with Crippen LogP contribution in [0.25, 0.3) is 11.1 Å². The summed E-state index contributed by atoms with van der Waals surface area (Å²) < 4.78 is 5.58. The number of amides is 1. The summed E-state index contributed by atoms with van der Waals surface area (Å²) in [6.07, 6.45) is 0. The zero-order valence-electron chi connectivity index (χ0n) is 12.5. The smallest absolute Gasteiger partial charge is 0.257 e. The number of thioether (sulfide) groups is 1. The quantitative estimate of drug-likeness (QED) is 0.693. The van der Waals surface area contributed by atoms with Crippen molar-refractivity contribution in [2.45, 2.75) is 18.2 Å². The summed E-state index contributed by atoms with van der Waals surface area (Å²) in [6, 6.07) is 14.9. The van der Waals surface area contributed by atoms with Crippen LogP contribution in [0, 0.1) is 0 Å². The average Bonchev–Trinajstić information content (AvgIpc) is 2.96. The number of hydrogen-bond acceptors (Lipinski definition) is 4. The molecule has 1 amide bonds. The molecule has 0 fully saturated rings. The molecule has 1 N–H and O–H groups in total. The second-order valence-electron chi connectivity index (χ2n) is 5.08. The molecule has 0 spiro atoms. The van der Waals surface area contributed by atoms with Gasteiger partial charge in [-0.3, -0.25) is 4.79 Å². The summed E-state index contributed by atoms with van der Waals surface area (Å²) in [5.41, 5.74) is 2.53. The molecule has 0 saturated carbocycles. The predicted molar refractivity (Wildman–Crippen MR) is 92.7 cm³/mol. The number of oxazole rings is 1. The predicted octanol–water partition coefficient (Wildman–Crippen LogP) is 4.45. The van der Waals surface area contributed by atoms with E-state index in [0.29, 0.717) is 10.2 Å². The van der Waals surface area contributed by atoms with Crippen molar-refractivity contribution in [2.24, 2.45) is 0 Å². The van der Waals surface area contributed by atoms with Gasteiger partial charge in [-0.1, -0.05) is 47.6 Å². The number of benzene rings is 2. The van der Waals surface area contributed by atoms with Crippen LogP contribution in [0.1, 0.15) is 18.5 Å². The highest BCUT2D eigenvalue weighted by atomic mass is 35.5. The van der Waals surface area contributed by atoms with Gasteiger partial charge in [0.2, 0.25) is 5.91 Å². The Morgan fingerprint density at radius 3 is 2.74 bits per heavy atom. The van der Waals surface area contributed by atoms with Crippen LogP contribution in [0.4, 0.5) is 0 Å². The van der Waals surface area contributed by atoms with E-state index in [4.69, 9.17) is 16.0 Å². The summed E-state index contributed by atoms with van der Waals surface area (Å²) in [5.74, 6) is 0.185. The fourth-order valence-corrected chi connectivity index (χ4v) is 2.93. The Hall–Kier alpha value is -1.98. The first kappa shape index (κ1) is 15.9. The molecule has 1 atom stereocenters. The van der Waals surface area contributed by atoms with E-state index in [9.17, 15) is 4.79 Å². The van der Waals surface area contributed by atoms with Crippen LogP contribution in [0.2, 0.25) is 5.02 Å². The van der Waals surface area contributed by atoms with Gasteiger partial charge in [-0.05, 0) is 36.8 Å². The number of aromatic nitrogens is 1. The van der Waals surface area contributed by atoms with Crippen molar-refractivity contribution in [2.75, 3.05) is 5.75 Å². The number of carbonyl (C=O) groups excluding carboxylic acids is 1. The van der Waals surface area contributed by atoms with Crippen LogP contribution in [-0.2, 0) is 4.79 Å². The molecule has 0 aliphatic heterocycles.